The van der Waals surface area contributed by atoms with Gasteiger partial charge in [0.1, 0.15) is 11.6 Å². The number of hydrogen-bond donors (Lipinski definition) is 0. The number of likely N-dealkylation sites (tertiary alicyclic amines) is 1. The van der Waals surface area contributed by atoms with Crippen LogP contribution in [0.25, 0.3) is 11.0 Å². The van der Waals surface area contributed by atoms with Crippen molar-refractivity contribution >= 4 is 16.9 Å². The van der Waals surface area contributed by atoms with Crippen molar-refractivity contribution in [2.45, 2.75) is 38.1 Å². The van der Waals surface area contributed by atoms with Crippen LogP contribution < -0.4 is 0 Å². The molecule has 1 amide bonds. The zero-order valence-corrected chi connectivity index (χ0v) is 15.9. The third-order valence-corrected chi connectivity index (χ3v) is 6.01. The normalized spacial score (nSPS) is 18.0. The molecule has 1 aromatic heterocycles. The van der Waals surface area contributed by atoms with E-state index in [-0.39, 0.29) is 11.7 Å². The van der Waals surface area contributed by atoms with E-state index >= 15 is 0 Å². The molecule has 2 aliphatic rings. The number of para-hydroxylation sites is 2. The van der Waals surface area contributed by atoms with Gasteiger partial charge in [0.05, 0.1) is 11.0 Å². The summed E-state index contributed by atoms with van der Waals surface area (Å²) in [5, 5.41) is 0. The van der Waals surface area contributed by atoms with Gasteiger partial charge >= 0.3 is 0 Å². The molecule has 0 N–H and O–H groups in total. The predicted molar refractivity (Wildman–Crippen MR) is 107 cm³/mol. The molecule has 1 saturated heterocycles. The van der Waals surface area contributed by atoms with Gasteiger partial charge in [0, 0.05) is 31.5 Å². The van der Waals surface area contributed by atoms with Crippen LogP contribution in [0.15, 0.2) is 48.5 Å². The molecule has 144 valence electrons. The fourth-order valence-corrected chi connectivity index (χ4v) is 4.34. The van der Waals surface area contributed by atoms with Gasteiger partial charge in [-0.15, -0.1) is 0 Å². The minimum absolute atomic E-state index is 0.213. The number of imidazole rings is 1. The lowest BCUT2D eigenvalue weighted by Crippen LogP contribution is -2.39. The Morgan fingerprint density at radius 2 is 1.82 bits per heavy atom. The van der Waals surface area contributed by atoms with E-state index in [2.05, 4.69) is 10.6 Å². The van der Waals surface area contributed by atoms with Gasteiger partial charge < -0.3 is 9.47 Å². The number of aromatic nitrogens is 2. The van der Waals surface area contributed by atoms with Crippen LogP contribution in [0, 0.1) is 11.7 Å². The number of piperidine rings is 1. The highest BCUT2D eigenvalue weighted by atomic mass is 19.1. The second-order valence-electron chi connectivity index (χ2n) is 8.05. The largest absolute Gasteiger partial charge is 0.342 e. The standard InChI is InChI=1S/C23H24FN3O/c24-19-5-3-4-16(14-19)15-27-21-7-2-1-6-20(21)25-22(27)17-10-12-26(13-11-17)23(28)18-8-9-18/h1-7,14,17-18H,8-13,15H2. The van der Waals surface area contributed by atoms with E-state index in [1.54, 1.807) is 12.1 Å². The average molecular weight is 377 g/mol. The lowest BCUT2D eigenvalue weighted by molar-refractivity contribution is -0.133. The topological polar surface area (TPSA) is 38.1 Å². The molecule has 4 nitrogen and oxygen atoms in total. The number of fused-ring (bicyclic) bond motifs is 1. The van der Waals surface area contributed by atoms with Crippen LogP contribution >= 0.6 is 0 Å². The van der Waals surface area contributed by atoms with Gasteiger partial charge in [-0.05, 0) is 55.5 Å². The van der Waals surface area contributed by atoms with Crippen molar-refractivity contribution in [3.63, 3.8) is 0 Å². The molecule has 1 aliphatic carbocycles. The molecule has 1 aliphatic heterocycles. The summed E-state index contributed by atoms with van der Waals surface area (Å²) in [6.45, 7) is 2.22. The van der Waals surface area contributed by atoms with Gasteiger partial charge in [0.25, 0.3) is 0 Å². The maximum absolute atomic E-state index is 13.7. The lowest BCUT2D eigenvalue weighted by Gasteiger charge is -2.32. The van der Waals surface area contributed by atoms with Crippen LogP contribution in [0.2, 0.25) is 0 Å². The molecule has 0 bridgehead atoms. The summed E-state index contributed by atoms with van der Waals surface area (Å²) in [6, 6.07) is 14.9. The molecule has 1 saturated carbocycles. The molecule has 0 spiro atoms. The monoisotopic (exact) mass is 377 g/mol. The summed E-state index contributed by atoms with van der Waals surface area (Å²) in [6.07, 6.45) is 3.99. The van der Waals surface area contributed by atoms with Gasteiger partial charge in [-0.3, -0.25) is 4.79 Å². The van der Waals surface area contributed by atoms with Crippen LogP contribution in [-0.2, 0) is 11.3 Å². The second-order valence-corrected chi connectivity index (χ2v) is 8.05. The van der Waals surface area contributed by atoms with Crippen LogP contribution in [0.3, 0.4) is 0 Å². The SMILES string of the molecule is O=C(C1CC1)N1CCC(c2nc3ccccc3n2Cc2cccc(F)c2)CC1. The van der Waals surface area contributed by atoms with E-state index < -0.39 is 0 Å². The van der Waals surface area contributed by atoms with Crippen LogP contribution in [0.1, 0.15) is 43.0 Å². The summed E-state index contributed by atoms with van der Waals surface area (Å²) in [5.41, 5.74) is 2.99. The Balaban J connectivity index is 1.43. The fourth-order valence-electron chi connectivity index (χ4n) is 4.34. The first-order valence-corrected chi connectivity index (χ1v) is 10.2. The summed E-state index contributed by atoms with van der Waals surface area (Å²) >= 11 is 0. The van der Waals surface area contributed by atoms with Gasteiger partial charge in [0.15, 0.2) is 0 Å². The predicted octanol–water partition coefficient (Wildman–Crippen LogP) is 4.34. The highest BCUT2D eigenvalue weighted by Gasteiger charge is 2.35. The summed E-state index contributed by atoms with van der Waals surface area (Å²) in [4.78, 5) is 19.3. The molecule has 2 aromatic carbocycles. The highest BCUT2D eigenvalue weighted by Crippen LogP contribution is 2.35. The van der Waals surface area contributed by atoms with Gasteiger partial charge in [-0.1, -0.05) is 24.3 Å². The molecule has 28 heavy (non-hydrogen) atoms. The van der Waals surface area contributed by atoms with Crippen molar-refractivity contribution in [3.8, 4) is 0 Å². The van der Waals surface area contributed by atoms with E-state index in [1.807, 2.05) is 29.2 Å². The minimum atomic E-state index is -0.213. The number of carbonyl (C=O) groups excluding carboxylic acids is 1. The Labute approximate surface area is 164 Å². The molecule has 0 atom stereocenters. The Hall–Kier alpha value is -2.69. The van der Waals surface area contributed by atoms with Crippen molar-refractivity contribution in [2.75, 3.05) is 13.1 Å². The zero-order chi connectivity index (χ0) is 19.1. The number of halogens is 1. The van der Waals surface area contributed by atoms with E-state index in [0.29, 0.717) is 18.4 Å². The Morgan fingerprint density at radius 3 is 2.57 bits per heavy atom. The summed E-state index contributed by atoms with van der Waals surface area (Å²) in [5.74, 6) is 1.80. The van der Waals surface area contributed by atoms with Crippen molar-refractivity contribution in [3.05, 3.63) is 65.7 Å². The van der Waals surface area contributed by atoms with Crippen molar-refractivity contribution in [2.24, 2.45) is 5.92 Å². The van der Waals surface area contributed by atoms with Gasteiger partial charge in [0.2, 0.25) is 5.91 Å². The Morgan fingerprint density at radius 1 is 1.04 bits per heavy atom. The highest BCUT2D eigenvalue weighted by molar-refractivity contribution is 5.81. The molecular weight excluding hydrogens is 353 g/mol. The molecule has 5 rings (SSSR count). The number of hydrogen-bond acceptors (Lipinski definition) is 2. The Bertz CT molecular complexity index is 1020. The molecular formula is C23H24FN3O. The molecule has 2 heterocycles. The van der Waals surface area contributed by atoms with Crippen LogP contribution in [0.5, 0.6) is 0 Å². The average Bonchev–Trinajstić information content (AvgIpc) is 3.51. The first kappa shape index (κ1) is 17.4. The lowest BCUT2D eigenvalue weighted by atomic mass is 9.95. The fraction of sp³-hybridized carbons (Fsp3) is 0.391. The van der Waals surface area contributed by atoms with Crippen LogP contribution in [0.4, 0.5) is 4.39 Å². The van der Waals surface area contributed by atoms with E-state index in [0.717, 1.165) is 61.2 Å². The number of benzene rings is 2. The number of rotatable bonds is 4. The van der Waals surface area contributed by atoms with Crippen molar-refractivity contribution < 1.29 is 9.18 Å². The van der Waals surface area contributed by atoms with Crippen molar-refractivity contribution in [1.82, 2.24) is 14.5 Å². The first-order valence-electron chi connectivity index (χ1n) is 10.2. The number of amides is 1. The molecule has 0 radical (unpaired) electrons. The third-order valence-electron chi connectivity index (χ3n) is 6.01. The van der Waals surface area contributed by atoms with Gasteiger partial charge in [-0.25, -0.2) is 9.37 Å². The maximum Gasteiger partial charge on any atom is 0.225 e. The number of carbonyl (C=O) groups is 1. The third kappa shape index (κ3) is 3.30. The molecule has 0 unspecified atom stereocenters. The number of nitrogens with zero attached hydrogens (tertiary/aromatic N) is 3. The molecule has 2 fully saturated rings. The van der Waals surface area contributed by atoms with E-state index in [1.165, 1.54) is 6.07 Å². The molecule has 5 heteroatoms. The van der Waals surface area contributed by atoms with Crippen molar-refractivity contribution in [1.29, 1.82) is 0 Å². The summed E-state index contributed by atoms with van der Waals surface area (Å²) < 4.78 is 15.9. The second kappa shape index (κ2) is 7.04. The maximum atomic E-state index is 13.7. The summed E-state index contributed by atoms with van der Waals surface area (Å²) in [7, 11) is 0. The smallest absolute Gasteiger partial charge is 0.225 e. The molecule has 3 aromatic rings. The zero-order valence-electron chi connectivity index (χ0n) is 15.9. The van der Waals surface area contributed by atoms with Gasteiger partial charge in [-0.2, -0.15) is 0 Å². The first-order chi connectivity index (χ1) is 13.7. The van der Waals surface area contributed by atoms with E-state index in [4.69, 9.17) is 4.98 Å². The minimum Gasteiger partial charge on any atom is -0.342 e. The van der Waals surface area contributed by atoms with Crippen LogP contribution in [-0.4, -0.2) is 33.4 Å². The Kier molecular flexibility index (Phi) is 4.38. The van der Waals surface area contributed by atoms with E-state index in [9.17, 15) is 9.18 Å². The quantitative estimate of drug-likeness (QED) is 0.678.